The molecule has 1 saturated carbocycles. The molecule has 3 rings (SSSR count). The Balaban J connectivity index is 1.82. The van der Waals surface area contributed by atoms with E-state index in [4.69, 9.17) is 0 Å². The van der Waals surface area contributed by atoms with Crippen molar-refractivity contribution in [3.63, 3.8) is 0 Å². The quantitative estimate of drug-likeness (QED) is 0.914. The molecule has 1 amide bonds. The maximum Gasteiger partial charge on any atom is 0.255 e. The van der Waals surface area contributed by atoms with Gasteiger partial charge in [-0.05, 0) is 50.1 Å². The lowest BCUT2D eigenvalue weighted by Crippen LogP contribution is -2.18. The van der Waals surface area contributed by atoms with Crippen molar-refractivity contribution in [1.82, 2.24) is 0 Å². The lowest BCUT2D eigenvalue weighted by molar-refractivity contribution is 0.102. The molecule has 0 spiro atoms. The molecule has 0 bridgehead atoms. The van der Waals surface area contributed by atoms with Gasteiger partial charge in [0.1, 0.15) is 0 Å². The molecule has 0 heterocycles. The van der Waals surface area contributed by atoms with Crippen molar-refractivity contribution in [1.29, 1.82) is 0 Å². The second-order valence-corrected chi connectivity index (χ2v) is 8.53. The molecule has 2 aromatic carbocycles. The minimum atomic E-state index is -3.32. The summed E-state index contributed by atoms with van der Waals surface area (Å²) in [6.07, 6.45) is 3.38. The Morgan fingerprint density at radius 3 is 2.46 bits per heavy atom. The molecule has 0 aliphatic heterocycles. The van der Waals surface area contributed by atoms with Crippen LogP contribution in [0.25, 0.3) is 0 Å². The van der Waals surface area contributed by atoms with Gasteiger partial charge in [0.25, 0.3) is 5.91 Å². The molecule has 0 saturated heterocycles. The largest absolute Gasteiger partial charge is 0.322 e. The van der Waals surface area contributed by atoms with Gasteiger partial charge in [-0.15, -0.1) is 0 Å². The summed E-state index contributed by atoms with van der Waals surface area (Å²) in [5, 5.41) is 2.49. The third-order valence-corrected chi connectivity index (χ3v) is 6.70. The van der Waals surface area contributed by atoms with Crippen molar-refractivity contribution in [3.05, 3.63) is 59.7 Å². The lowest BCUT2D eigenvalue weighted by Gasteiger charge is -2.13. The van der Waals surface area contributed by atoms with Crippen LogP contribution in [-0.2, 0) is 9.84 Å². The molecule has 0 radical (unpaired) electrons. The maximum absolute atomic E-state index is 12.7. The zero-order chi connectivity index (χ0) is 17.2. The van der Waals surface area contributed by atoms with Gasteiger partial charge in [-0.25, -0.2) is 8.42 Å². The molecule has 1 N–H and O–H groups in total. The van der Waals surface area contributed by atoms with Crippen molar-refractivity contribution in [2.75, 3.05) is 5.32 Å². The summed E-state index contributed by atoms with van der Waals surface area (Å²) in [6, 6.07) is 13.8. The summed E-state index contributed by atoms with van der Waals surface area (Å²) in [4.78, 5) is 12.6. The first-order chi connectivity index (χ1) is 11.5. The fraction of sp³-hybridized carbons (Fsp3) is 0.316. The summed E-state index contributed by atoms with van der Waals surface area (Å²) >= 11 is 0. The van der Waals surface area contributed by atoms with E-state index < -0.39 is 9.84 Å². The van der Waals surface area contributed by atoms with Gasteiger partial charge < -0.3 is 5.32 Å². The molecule has 0 aromatic heterocycles. The van der Waals surface area contributed by atoms with Crippen molar-refractivity contribution >= 4 is 21.4 Å². The summed E-state index contributed by atoms with van der Waals surface area (Å²) in [7, 11) is -3.32. The topological polar surface area (TPSA) is 63.2 Å². The maximum atomic E-state index is 12.7. The molecule has 0 atom stereocenters. The number of amides is 1. The number of carbonyl (C=O) groups excluding carboxylic acids is 1. The van der Waals surface area contributed by atoms with Crippen molar-refractivity contribution in [2.24, 2.45) is 0 Å². The SMILES string of the molecule is Cc1cccc(C(=O)Nc2cccc(S(=O)(=O)C3CCCC3)c2)c1. The molecule has 1 aliphatic rings. The molecule has 24 heavy (non-hydrogen) atoms. The Labute approximate surface area is 142 Å². The highest BCUT2D eigenvalue weighted by atomic mass is 32.2. The van der Waals surface area contributed by atoms with E-state index in [1.54, 1.807) is 36.4 Å². The number of anilines is 1. The minimum Gasteiger partial charge on any atom is -0.322 e. The van der Waals surface area contributed by atoms with Crippen molar-refractivity contribution in [3.8, 4) is 0 Å². The Kier molecular flexibility index (Phi) is 4.71. The zero-order valence-corrected chi connectivity index (χ0v) is 14.5. The zero-order valence-electron chi connectivity index (χ0n) is 13.7. The Hall–Kier alpha value is -2.14. The molecule has 5 heteroatoms. The van der Waals surface area contributed by atoms with Gasteiger partial charge in [-0.3, -0.25) is 4.79 Å². The molecule has 0 unspecified atom stereocenters. The minimum absolute atomic E-state index is 0.242. The van der Waals surface area contributed by atoms with E-state index in [1.165, 1.54) is 0 Å². The summed E-state index contributed by atoms with van der Waals surface area (Å²) < 4.78 is 25.3. The van der Waals surface area contributed by atoms with E-state index in [-0.39, 0.29) is 16.1 Å². The van der Waals surface area contributed by atoms with E-state index in [2.05, 4.69) is 5.32 Å². The molecule has 4 nitrogen and oxygen atoms in total. The van der Waals surface area contributed by atoms with Crippen LogP contribution >= 0.6 is 0 Å². The average molecular weight is 343 g/mol. The standard InChI is InChI=1S/C19H21NO3S/c1-14-6-4-7-15(12-14)19(21)20-16-8-5-11-18(13-16)24(22,23)17-9-2-3-10-17/h4-8,11-13,17H,2-3,9-10H2,1H3,(H,20,21). The first-order valence-corrected chi connectivity index (χ1v) is 9.73. The highest BCUT2D eigenvalue weighted by Crippen LogP contribution is 2.30. The number of nitrogens with one attached hydrogen (secondary N) is 1. The molecular weight excluding hydrogens is 322 g/mol. The number of hydrogen-bond donors (Lipinski definition) is 1. The number of aryl methyl sites for hydroxylation is 1. The predicted molar refractivity (Wildman–Crippen MR) is 95.0 cm³/mol. The smallest absolute Gasteiger partial charge is 0.255 e. The van der Waals surface area contributed by atoms with Crippen LogP contribution in [0.5, 0.6) is 0 Å². The van der Waals surface area contributed by atoms with Crippen LogP contribution in [0.4, 0.5) is 5.69 Å². The van der Waals surface area contributed by atoms with Gasteiger partial charge >= 0.3 is 0 Å². The normalized spacial score (nSPS) is 15.4. The monoisotopic (exact) mass is 343 g/mol. The molecular formula is C19H21NO3S. The van der Waals surface area contributed by atoms with Gasteiger partial charge in [-0.1, -0.05) is 36.6 Å². The number of benzene rings is 2. The van der Waals surface area contributed by atoms with Crippen molar-refractivity contribution in [2.45, 2.75) is 42.8 Å². The van der Waals surface area contributed by atoms with E-state index in [9.17, 15) is 13.2 Å². The van der Waals surface area contributed by atoms with Crippen LogP contribution in [-0.4, -0.2) is 19.6 Å². The van der Waals surface area contributed by atoms with E-state index >= 15 is 0 Å². The first kappa shape index (κ1) is 16.7. The third kappa shape index (κ3) is 3.51. The number of carbonyl (C=O) groups is 1. The third-order valence-electron chi connectivity index (χ3n) is 4.44. The molecule has 126 valence electrons. The van der Waals surface area contributed by atoms with E-state index in [1.807, 2.05) is 19.1 Å². The number of hydrogen-bond acceptors (Lipinski definition) is 3. The number of sulfone groups is 1. The summed E-state index contributed by atoms with van der Waals surface area (Å²) in [6.45, 7) is 1.92. The first-order valence-electron chi connectivity index (χ1n) is 8.19. The average Bonchev–Trinajstić information content (AvgIpc) is 3.10. The van der Waals surface area contributed by atoms with Crippen LogP contribution in [0.15, 0.2) is 53.4 Å². The van der Waals surface area contributed by atoms with Gasteiger partial charge in [0.05, 0.1) is 10.1 Å². The molecule has 2 aromatic rings. The number of rotatable bonds is 4. The second-order valence-electron chi connectivity index (χ2n) is 6.30. The van der Waals surface area contributed by atoms with Crippen LogP contribution in [0, 0.1) is 6.92 Å². The van der Waals surface area contributed by atoms with Gasteiger partial charge in [-0.2, -0.15) is 0 Å². The summed E-state index contributed by atoms with van der Waals surface area (Å²) in [5.74, 6) is -0.242. The van der Waals surface area contributed by atoms with Crippen LogP contribution < -0.4 is 5.32 Å². The Morgan fingerprint density at radius 2 is 1.75 bits per heavy atom. The van der Waals surface area contributed by atoms with Crippen LogP contribution in [0.2, 0.25) is 0 Å². The Bertz CT molecular complexity index is 852. The Morgan fingerprint density at radius 1 is 1.04 bits per heavy atom. The summed E-state index contributed by atoms with van der Waals surface area (Å²) in [5.41, 5.74) is 2.06. The highest BCUT2D eigenvalue weighted by Gasteiger charge is 2.30. The van der Waals surface area contributed by atoms with E-state index in [0.29, 0.717) is 11.3 Å². The lowest BCUT2D eigenvalue weighted by atomic mass is 10.1. The van der Waals surface area contributed by atoms with Gasteiger partial charge in [0, 0.05) is 11.3 Å². The highest BCUT2D eigenvalue weighted by molar-refractivity contribution is 7.92. The predicted octanol–water partition coefficient (Wildman–Crippen LogP) is 3.96. The van der Waals surface area contributed by atoms with Crippen LogP contribution in [0.1, 0.15) is 41.6 Å². The fourth-order valence-electron chi connectivity index (χ4n) is 3.13. The molecule has 1 fully saturated rings. The second kappa shape index (κ2) is 6.77. The van der Waals surface area contributed by atoms with Gasteiger partial charge in [0.2, 0.25) is 0 Å². The fourth-order valence-corrected chi connectivity index (χ4v) is 5.03. The van der Waals surface area contributed by atoms with Crippen molar-refractivity contribution < 1.29 is 13.2 Å². The molecule has 1 aliphatic carbocycles. The van der Waals surface area contributed by atoms with E-state index in [0.717, 1.165) is 31.2 Å². The van der Waals surface area contributed by atoms with Gasteiger partial charge in [0.15, 0.2) is 9.84 Å². The van der Waals surface area contributed by atoms with Crippen LogP contribution in [0.3, 0.4) is 0 Å².